The molecule has 0 fully saturated rings. The van der Waals surface area contributed by atoms with Gasteiger partial charge in [-0.1, -0.05) is 13.8 Å². The number of anilines is 1. The molecule has 130 valence electrons. The van der Waals surface area contributed by atoms with Crippen LogP contribution < -0.4 is 16.2 Å². The lowest BCUT2D eigenvalue weighted by molar-refractivity contribution is -0.123. The third-order valence-corrected chi connectivity index (χ3v) is 3.60. The van der Waals surface area contributed by atoms with Crippen molar-refractivity contribution in [2.75, 3.05) is 18.4 Å². The molecular weight excluding hydrogens is 308 g/mol. The van der Waals surface area contributed by atoms with Gasteiger partial charge in [0.1, 0.15) is 11.9 Å². The first-order valence-corrected chi connectivity index (χ1v) is 8.00. The average Bonchev–Trinajstić information content (AvgIpc) is 2.99. The van der Waals surface area contributed by atoms with E-state index in [0.29, 0.717) is 24.7 Å². The minimum absolute atomic E-state index is 0.0811. The number of rotatable bonds is 7. The molecule has 0 bridgehead atoms. The van der Waals surface area contributed by atoms with Crippen LogP contribution in [0.15, 0.2) is 23.3 Å². The Kier molecular flexibility index (Phi) is 5.73. The fourth-order valence-corrected chi connectivity index (χ4v) is 2.40. The summed E-state index contributed by atoms with van der Waals surface area (Å²) in [6.07, 6.45) is 3.53. The van der Waals surface area contributed by atoms with Crippen LogP contribution >= 0.6 is 0 Å². The highest BCUT2D eigenvalue weighted by atomic mass is 16.2. The molecule has 2 aromatic heterocycles. The van der Waals surface area contributed by atoms with Crippen LogP contribution in [0.5, 0.6) is 0 Å². The zero-order chi connectivity index (χ0) is 17.7. The maximum Gasteiger partial charge on any atom is 0.252 e. The molecule has 2 heterocycles. The maximum atomic E-state index is 12.3. The topological polar surface area (TPSA) is 105 Å². The van der Waals surface area contributed by atoms with Gasteiger partial charge in [0, 0.05) is 43.2 Å². The predicted octanol–water partition coefficient (Wildman–Crippen LogP) is 1.19. The van der Waals surface area contributed by atoms with E-state index in [9.17, 15) is 9.59 Å². The molecule has 0 unspecified atom stereocenters. The van der Waals surface area contributed by atoms with E-state index in [0.717, 1.165) is 5.82 Å². The van der Waals surface area contributed by atoms with E-state index in [1.807, 2.05) is 31.5 Å². The van der Waals surface area contributed by atoms with E-state index < -0.39 is 0 Å². The van der Waals surface area contributed by atoms with Gasteiger partial charge in [-0.05, 0) is 13.8 Å². The fraction of sp³-hybridized carbons (Fsp3) is 0.500. The molecule has 8 heteroatoms. The Morgan fingerprint density at radius 1 is 1.33 bits per heavy atom. The van der Waals surface area contributed by atoms with Gasteiger partial charge in [0.25, 0.3) is 5.56 Å². The largest absolute Gasteiger partial charge is 0.354 e. The number of carbonyl (C=O) groups excluding carboxylic acids is 1. The van der Waals surface area contributed by atoms with Gasteiger partial charge in [0.2, 0.25) is 11.9 Å². The summed E-state index contributed by atoms with van der Waals surface area (Å²) in [7, 11) is 0. The van der Waals surface area contributed by atoms with Crippen LogP contribution in [-0.2, 0) is 4.79 Å². The highest BCUT2D eigenvalue weighted by Gasteiger charge is 2.18. The van der Waals surface area contributed by atoms with E-state index >= 15 is 0 Å². The molecule has 2 aromatic rings. The van der Waals surface area contributed by atoms with Crippen molar-refractivity contribution in [1.82, 2.24) is 24.8 Å². The van der Waals surface area contributed by atoms with Crippen molar-refractivity contribution in [1.29, 1.82) is 0 Å². The second-order valence-corrected chi connectivity index (χ2v) is 5.98. The third kappa shape index (κ3) is 4.43. The van der Waals surface area contributed by atoms with Gasteiger partial charge in [0.05, 0.1) is 0 Å². The first kappa shape index (κ1) is 17.7. The van der Waals surface area contributed by atoms with Gasteiger partial charge in [-0.15, -0.1) is 0 Å². The van der Waals surface area contributed by atoms with Crippen LogP contribution in [0.25, 0.3) is 0 Å². The van der Waals surface area contributed by atoms with Crippen molar-refractivity contribution in [2.45, 2.75) is 39.7 Å². The third-order valence-electron chi connectivity index (χ3n) is 3.60. The number of nitrogens with one attached hydrogen (secondary N) is 3. The molecule has 0 radical (unpaired) electrons. The number of amides is 1. The second-order valence-electron chi connectivity index (χ2n) is 5.98. The van der Waals surface area contributed by atoms with Gasteiger partial charge < -0.3 is 15.2 Å². The zero-order valence-corrected chi connectivity index (χ0v) is 14.5. The highest BCUT2D eigenvalue weighted by Crippen LogP contribution is 2.17. The van der Waals surface area contributed by atoms with E-state index in [4.69, 9.17) is 0 Å². The molecule has 0 aromatic carbocycles. The molecule has 0 aliphatic rings. The van der Waals surface area contributed by atoms with Crippen molar-refractivity contribution in [2.24, 2.45) is 0 Å². The molecule has 3 N–H and O–H groups in total. The first-order valence-electron chi connectivity index (χ1n) is 8.00. The first-order chi connectivity index (χ1) is 11.4. The summed E-state index contributed by atoms with van der Waals surface area (Å²) >= 11 is 0. The number of aromatic amines is 1. The van der Waals surface area contributed by atoms with Crippen LogP contribution in [0, 0.1) is 6.92 Å². The van der Waals surface area contributed by atoms with Gasteiger partial charge in [-0.3, -0.25) is 14.6 Å². The lowest BCUT2D eigenvalue weighted by atomic mass is 10.2. The summed E-state index contributed by atoms with van der Waals surface area (Å²) in [5.41, 5.74) is 0.434. The Morgan fingerprint density at radius 2 is 2.08 bits per heavy atom. The molecule has 0 aliphatic carbocycles. The minimum atomic E-state index is -0.332. The molecule has 0 spiro atoms. The molecule has 8 nitrogen and oxygen atoms in total. The number of aromatic nitrogens is 4. The predicted molar refractivity (Wildman–Crippen MR) is 92.1 cm³/mol. The Bertz CT molecular complexity index is 749. The van der Waals surface area contributed by atoms with Crippen molar-refractivity contribution < 1.29 is 4.79 Å². The standard InChI is InChI=1S/C16H24N6O2/c1-10(2)14-17-7-8-22(14)12(4)15(24)18-5-6-19-16-20-11(3)9-13(23)21-16/h7-10,12H,5-6H2,1-4H3,(H,18,24)(H2,19,20,21,23)/t12-/m0/s1. The summed E-state index contributed by atoms with van der Waals surface area (Å²) in [4.78, 5) is 34.7. The molecule has 1 atom stereocenters. The van der Waals surface area contributed by atoms with Crippen LogP contribution in [0.2, 0.25) is 0 Å². The van der Waals surface area contributed by atoms with E-state index in [1.54, 1.807) is 13.1 Å². The minimum Gasteiger partial charge on any atom is -0.354 e. The molecular formula is C16H24N6O2. The molecule has 0 saturated heterocycles. The monoisotopic (exact) mass is 332 g/mol. The maximum absolute atomic E-state index is 12.3. The van der Waals surface area contributed by atoms with E-state index in [1.165, 1.54) is 6.07 Å². The summed E-state index contributed by atoms with van der Waals surface area (Å²) < 4.78 is 1.88. The van der Waals surface area contributed by atoms with Gasteiger partial charge in [-0.25, -0.2) is 9.97 Å². The Hall–Kier alpha value is -2.64. The number of carbonyl (C=O) groups is 1. The van der Waals surface area contributed by atoms with Gasteiger partial charge >= 0.3 is 0 Å². The van der Waals surface area contributed by atoms with Gasteiger partial charge in [0.15, 0.2) is 0 Å². The smallest absolute Gasteiger partial charge is 0.252 e. The van der Waals surface area contributed by atoms with Crippen molar-refractivity contribution in [3.05, 3.63) is 40.3 Å². The number of hydrogen-bond acceptors (Lipinski definition) is 5. The summed E-state index contributed by atoms with van der Waals surface area (Å²) in [6, 6.07) is 1.09. The number of nitrogens with zero attached hydrogens (tertiary/aromatic N) is 3. The number of aryl methyl sites for hydroxylation is 1. The molecule has 0 aliphatic heterocycles. The Labute approximate surface area is 140 Å². The quantitative estimate of drug-likeness (QED) is 0.661. The summed E-state index contributed by atoms with van der Waals surface area (Å²) in [5, 5.41) is 5.85. The van der Waals surface area contributed by atoms with E-state index in [-0.39, 0.29) is 23.4 Å². The lowest BCUT2D eigenvalue weighted by Gasteiger charge is -2.18. The fourth-order valence-electron chi connectivity index (χ4n) is 2.40. The summed E-state index contributed by atoms with van der Waals surface area (Å²) in [6.45, 7) is 8.57. The SMILES string of the molecule is Cc1cc(=O)[nH]c(NCCNC(=O)[C@H](C)n2ccnc2C(C)C)n1. The Morgan fingerprint density at radius 3 is 2.75 bits per heavy atom. The summed E-state index contributed by atoms with van der Waals surface area (Å²) in [5.74, 6) is 1.46. The Balaban J connectivity index is 1.84. The van der Waals surface area contributed by atoms with Crippen LogP contribution in [-0.4, -0.2) is 38.5 Å². The average molecular weight is 332 g/mol. The van der Waals surface area contributed by atoms with Gasteiger partial charge in [-0.2, -0.15) is 0 Å². The molecule has 0 saturated carbocycles. The number of imidazole rings is 1. The number of hydrogen-bond donors (Lipinski definition) is 3. The highest BCUT2D eigenvalue weighted by molar-refractivity contribution is 5.80. The normalized spacial score (nSPS) is 12.2. The zero-order valence-electron chi connectivity index (χ0n) is 14.5. The lowest BCUT2D eigenvalue weighted by Crippen LogP contribution is -2.35. The van der Waals surface area contributed by atoms with Crippen LogP contribution in [0.3, 0.4) is 0 Å². The van der Waals surface area contributed by atoms with E-state index in [2.05, 4.69) is 25.6 Å². The van der Waals surface area contributed by atoms with Crippen molar-refractivity contribution >= 4 is 11.9 Å². The number of H-pyrrole nitrogens is 1. The second kappa shape index (κ2) is 7.76. The van der Waals surface area contributed by atoms with Crippen LogP contribution in [0.1, 0.15) is 44.2 Å². The van der Waals surface area contributed by atoms with Crippen molar-refractivity contribution in [3.8, 4) is 0 Å². The molecule has 24 heavy (non-hydrogen) atoms. The van der Waals surface area contributed by atoms with Crippen molar-refractivity contribution in [3.63, 3.8) is 0 Å². The molecule has 1 amide bonds. The molecule has 2 rings (SSSR count). The van der Waals surface area contributed by atoms with Crippen LogP contribution in [0.4, 0.5) is 5.95 Å².